The summed E-state index contributed by atoms with van der Waals surface area (Å²) in [5.74, 6) is 3.08. The molecule has 18 heavy (non-hydrogen) atoms. The summed E-state index contributed by atoms with van der Waals surface area (Å²) >= 11 is 2.05. The van der Waals surface area contributed by atoms with Crippen LogP contribution >= 0.6 is 11.8 Å². The molecule has 0 spiro atoms. The van der Waals surface area contributed by atoms with Crippen molar-refractivity contribution in [2.45, 2.75) is 44.3 Å². The Labute approximate surface area is 113 Å². The van der Waals surface area contributed by atoms with Crippen LogP contribution in [0.5, 0.6) is 0 Å². The topological polar surface area (TPSA) is 63.8 Å². The van der Waals surface area contributed by atoms with Crippen LogP contribution in [0.2, 0.25) is 0 Å². The quantitative estimate of drug-likeness (QED) is 0.877. The van der Waals surface area contributed by atoms with E-state index in [1.54, 1.807) is 0 Å². The van der Waals surface area contributed by atoms with E-state index >= 15 is 0 Å². The van der Waals surface area contributed by atoms with Crippen molar-refractivity contribution in [1.82, 2.24) is 9.97 Å². The molecule has 5 heteroatoms. The average molecular weight is 266 g/mol. The van der Waals surface area contributed by atoms with Crippen LogP contribution in [0.25, 0.3) is 0 Å². The SMILES string of the molecule is CC(C)c1c(N)ncnc1NCC1(C)CCCS1. The van der Waals surface area contributed by atoms with Gasteiger partial charge in [0.25, 0.3) is 0 Å². The predicted molar refractivity (Wildman–Crippen MR) is 79.1 cm³/mol. The van der Waals surface area contributed by atoms with Gasteiger partial charge in [-0.15, -0.1) is 0 Å². The third-order valence-electron chi connectivity index (χ3n) is 3.42. The number of nitrogens with zero attached hydrogens (tertiary/aromatic N) is 2. The largest absolute Gasteiger partial charge is 0.383 e. The van der Waals surface area contributed by atoms with Crippen molar-refractivity contribution >= 4 is 23.4 Å². The summed E-state index contributed by atoms with van der Waals surface area (Å²) in [6.07, 6.45) is 4.11. The van der Waals surface area contributed by atoms with Crippen LogP contribution in [0.15, 0.2) is 6.33 Å². The number of nitrogens with one attached hydrogen (secondary N) is 1. The fraction of sp³-hybridized carbons (Fsp3) is 0.692. The maximum absolute atomic E-state index is 5.94. The van der Waals surface area contributed by atoms with E-state index in [0.29, 0.717) is 16.5 Å². The molecule has 4 nitrogen and oxygen atoms in total. The Morgan fingerprint density at radius 1 is 1.50 bits per heavy atom. The van der Waals surface area contributed by atoms with Crippen LogP contribution in [-0.4, -0.2) is 27.0 Å². The van der Waals surface area contributed by atoms with Gasteiger partial charge >= 0.3 is 0 Å². The van der Waals surface area contributed by atoms with E-state index in [4.69, 9.17) is 5.73 Å². The molecule has 1 atom stereocenters. The van der Waals surface area contributed by atoms with Crippen molar-refractivity contribution in [2.75, 3.05) is 23.3 Å². The fourth-order valence-electron chi connectivity index (χ4n) is 2.37. The summed E-state index contributed by atoms with van der Waals surface area (Å²) in [6.45, 7) is 7.49. The third kappa shape index (κ3) is 2.88. The van der Waals surface area contributed by atoms with Crippen molar-refractivity contribution in [3.05, 3.63) is 11.9 Å². The van der Waals surface area contributed by atoms with Gasteiger partial charge < -0.3 is 11.1 Å². The molecule has 0 aromatic carbocycles. The lowest BCUT2D eigenvalue weighted by Crippen LogP contribution is -2.28. The third-order valence-corrected chi connectivity index (χ3v) is 4.96. The maximum atomic E-state index is 5.94. The van der Waals surface area contributed by atoms with Crippen molar-refractivity contribution < 1.29 is 0 Å². The Morgan fingerprint density at radius 2 is 2.28 bits per heavy atom. The Balaban J connectivity index is 2.11. The van der Waals surface area contributed by atoms with Crippen molar-refractivity contribution in [1.29, 1.82) is 0 Å². The van der Waals surface area contributed by atoms with Gasteiger partial charge in [-0.2, -0.15) is 11.8 Å². The fourth-order valence-corrected chi connectivity index (χ4v) is 3.61. The number of nitrogens with two attached hydrogens (primary N) is 1. The van der Waals surface area contributed by atoms with E-state index in [1.165, 1.54) is 24.9 Å². The van der Waals surface area contributed by atoms with E-state index in [1.807, 2.05) is 11.8 Å². The van der Waals surface area contributed by atoms with Crippen molar-refractivity contribution in [3.8, 4) is 0 Å². The smallest absolute Gasteiger partial charge is 0.135 e. The van der Waals surface area contributed by atoms with Crippen LogP contribution in [-0.2, 0) is 0 Å². The molecular weight excluding hydrogens is 244 g/mol. The number of aromatic nitrogens is 2. The second kappa shape index (κ2) is 5.34. The van der Waals surface area contributed by atoms with Crippen LogP contribution in [0.1, 0.15) is 45.1 Å². The van der Waals surface area contributed by atoms with Gasteiger partial charge in [0.15, 0.2) is 0 Å². The molecule has 1 fully saturated rings. The lowest BCUT2D eigenvalue weighted by atomic mass is 10.0. The summed E-state index contributed by atoms with van der Waals surface area (Å²) in [7, 11) is 0. The molecule has 1 aliphatic rings. The minimum absolute atomic E-state index is 0.327. The summed E-state index contributed by atoms with van der Waals surface area (Å²) in [5, 5.41) is 3.47. The number of hydrogen-bond acceptors (Lipinski definition) is 5. The first-order chi connectivity index (χ1) is 8.52. The molecule has 2 heterocycles. The lowest BCUT2D eigenvalue weighted by molar-refractivity contribution is 0.632. The van der Waals surface area contributed by atoms with E-state index in [0.717, 1.165) is 17.9 Å². The lowest BCUT2D eigenvalue weighted by Gasteiger charge is -2.24. The molecule has 1 saturated heterocycles. The zero-order valence-electron chi connectivity index (χ0n) is 11.4. The highest BCUT2D eigenvalue weighted by Gasteiger charge is 2.29. The minimum atomic E-state index is 0.327. The highest BCUT2D eigenvalue weighted by Crippen LogP contribution is 2.38. The molecule has 2 rings (SSSR count). The van der Waals surface area contributed by atoms with Crippen molar-refractivity contribution in [3.63, 3.8) is 0 Å². The van der Waals surface area contributed by atoms with E-state index in [2.05, 4.69) is 36.1 Å². The minimum Gasteiger partial charge on any atom is -0.383 e. The molecular formula is C13H22N4S. The Hall–Kier alpha value is -0.970. The molecule has 1 aromatic heterocycles. The molecule has 1 aromatic rings. The average Bonchev–Trinajstić information content (AvgIpc) is 2.73. The second-order valence-electron chi connectivity index (χ2n) is 5.43. The van der Waals surface area contributed by atoms with Crippen LogP contribution < -0.4 is 11.1 Å². The summed E-state index contributed by atoms with van der Waals surface area (Å²) in [6, 6.07) is 0. The molecule has 0 aliphatic carbocycles. The Morgan fingerprint density at radius 3 is 2.89 bits per heavy atom. The van der Waals surface area contributed by atoms with Gasteiger partial charge in [-0.3, -0.25) is 0 Å². The van der Waals surface area contributed by atoms with Gasteiger partial charge in [0.1, 0.15) is 18.0 Å². The Kier molecular flexibility index (Phi) is 4.00. The molecule has 0 saturated carbocycles. The van der Waals surface area contributed by atoms with Gasteiger partial charge in [0, 0.05) is 16.9 Å². The molecule has 0 amide bonds. The highest BCUT2D eigenvalue weighted by atomic mass is 32.2. The number of thioether (sulfide) groups is 1. The Bertz CT molecular complexity index is 413. The predicted octanol–water partition coefficient (Wildman–Crippen LogP) is 2.88. The van der Waals surface area contributed by atoms with Gasteiger partial charge in [-0.1, -0.05) is 13.8 Å². The number of rotatable bonds is 4. The van der Waals surface area contributed by atoms with E-state index < -0.39 is 0 Å². The first-order valence-electron chi connectivity index (χ1n) is 6.50. The summed E-state index contributed by atoms with van der Waals surface area (Å²) in [5.41, 5.74) is 6.97. The zero-order valence-corrected chi connectivity index (χ0v) is 12.2. The monoisotopic (exact) mass is 266 g/mol. The normalized spacial score (nSPS) is 23.6. The number of anilines is 2. The standard InChI is InChI=1S/C13H22N4S/c1-9(2)10-11(14)16-8-17-12(10)15-7-13(3)5-4-6-18-13/h8-9H,4-7H2,1-3H3,(H3,14,15,16,17). The van der Waals surface area contributed by atoms with E-state index in [9.17, 15) is 0 Å². The van der Waals surface area contributed by atoms with Gasteiger partial charge in [0.2, 0.25) is 0 Å². The van der Waals surface area contributed by atoms with Gasteiger partial charge in [0.05, 0.1) is 0 Å². The number of hydrogen-bond donors (Lipinski definition) is 2. The highest BCUT2D eigenvalue weighted by molar-refractivity contribution is 8.00. The van der Waals surface area contributed by atoms with Crippen LogP contribution in [0.4, 0.5) is 11.6 Å². The molecule has 1 unspecified atom stereocenters. The maximum Gasteiger partial charge on any atom is 0.135 e. The molecule has 0 radical (unpaired) electrons. The van der Waals surface area contributed by atoms with Crippen LogP contribution in [0, 0.1) is 0 Å². The van der Waals surface area contributed by atoms with E-state index in [-0.39, 0.29) is 0 Å². The molecule has 0 bridgehead atoms. The molecule has 3 N–H and O–H groups in total. The van der Waals surface area contributed by atoms with Gasteiger partial charge in [-0.25, -0.2) is 9.97 Å². The van der Waals surface area contributed by atoms with Crippen LogP contribution in [0.3, 0.4) is 0 Å². The summed E-state index contributed by atoms with van der Waals surface area (Å²) in [4.78, 5) is 8.42. The molecule has 1 aliphatic heterocycles. The second-order valence-corrected chi connectivity index (χ2v) is 7.11. The first kappa shape index (κ1) is 13.5. The number of nitrogen functional groups attached to an aromatic ring is 1. The zero-order chi connectivity index (χ0) is 13.2. The summed E-state index contributed by atoms with van der Waals surface area (Å²) < 4.78 is 0.327. The first-order valence-corrected chi connectivity index (χ1v) is 7.48. The van der Waals surface area contributed by atoms with Crippen molar-refractivity contribution in [2.24, 2.45) is 0 Å². The van der Waals surface area contributed by atoms with Gasteiger partial charge in [-0.05, 0) is 31.4 Å². The molecule has 100 valence electrons.